The fourth-order valence-electron chi connectivity index (χ4n) is 2.69. The molecular formula is C22H24N4O3. The number of ether oxygens (including phenoxy) is 2. The van der Waals surface area contributed by atoms with Gasteiger partial charge in [-0.2, -0.15) is 0 Å². The number of aromatic nitrogens is 2. The summed E-state index contributed by atoms with van der Waals surface area (Å²) < 4.78 is 10.8. The van der Waals surface area contributed by atoms with E-state index in [1.165, 1.54) is 0 Å². The summed E-state index contributed by atoms with van der Waals surface area (Å²) in [7, 11) is 1.62. The third-order valence-corrected chi connectivity index (χ3v) is 4.20. The maximum Gasteiger partial charge on any atom is 0.274 e. The van der Waals surface area contributed by atoms with Crippen LogP contribution >= 0.6 is 0 Å². The average molecular weight is 392 g/mol. The van der Waals surface area contributed by atoms with Crippen molar-refractivity contribution in [3.63, 3.8) is 0 Å². The van der Waals surface area contributed by atoms with Gasteiger partial charge in [-0.1, -0.05) is 18.2 Å². The molecule has 0 spiro atoms. The molecule has 0 atom stereocenters. The van der Waals surface area contributed by atoms with Gasteiger partial charge >= 0.3 is 0 Å². The number of aryl methyl sites for hydroxylation is 2. The highest BCUT2D eigenvalue weighted by atomic mass is 16.5. The number of hydrogen-bond donors (Lipinski definition) is 2. The van der Waals surface area contributed by atoms with Gasteiger partial charge in [0.15, 0.2) is 0 Å². The lowest BCUT2D eigenvalue weighted by Crippen LogP contribution is -2.17. The summed E-state index contributed by atoms with van der Waals surface area (Å²) in [6.45, 7) is 4.67. The van der Waals surface area contributed by atoms with E-state index in [2.05, 4.69) is 20.6 Å². The Morgan fingerprint density at radius 1 is 1.00 bits per heavy atom. The summed E-state index contributed by atoms with van der Waals surface area (Å²) in [4.78, 5) is 21.2. The van der Waals surface area contributed by atoms with Gasteiger partial charge in [0.1, 0.15) is 35.4 Å². The molecule has 2 aromatic carbocycles. The Morgan fingerprint density at radius 3 is 2.45 bits per heavy atom. The van der Waals surface area contributed by atoms with Crippen molar-refractivity contribution in [2.75, 3.05) is 30.9 Å². The number of para-hydroxylation sites is 1. The molecule has 7 nitrogen and oxygen atoms in total. The van der Waals surface area contributed by atoms with E-state index in [0.29, 0.717) is 30.5 Å². The van der Waals surface area contributed by atoms with Crippen molar-refractivity contribution in [3.8, 4) is 11.5 Å². The Bertz CT molecular complexity index is 974. The monoisotopic (exact) mass is 392 g/mol. The standard InChI is InChI=1S/C22H24N4O3/c1-15-6-4-5-7-19(15)26-22(27)20-14-21(25-16(2)24-20)23-12-13-29-18-10-8-17(28-3)9-11-18/h4-11,14H,12-13H2,1-3H3,(H,26,27)(H,23,24,25). The van der Waals surface area contributed by atoms with E-state index < -0.39 is 0 Å². The van der Waals surface area contributed by atoms with Gasteiger partial charge in [-0.05, 0) is 49.7 Å². The van der Waals surface area contributed by atoms with E-state index in [1.807, 2.05) is 55.5 Å². The van der Waals surface area contributed by atoms with Crippen LogP contribution in [0.1, 0.15) is 21.9 Å². The van der Waals surface area contributed by atoms with Crippen molar-refractivity contribution in [1.29, 1.82) is 0 Å². The van der Waals surface area contributed by atoms with Crippen molar-refractivity contribution < 1.29 is 14.3 Å². The lowest BCUT2D eigenvalue weighted by atomic mass is 10.2. The van der Waals surface area contributed by atoms with E-state index in [1.54, 1.807) is 20.1 Å². The second kappa shape index (κ2) is 9.54. The fourth-order valence-corrected chi connectivity index (χ4v) is 2.69. The van der Waals surface area contributed by atoms with E-state index in [-0.39, 0.29) is 5.91 Å². The van der Waals surface area contributed by atoms with Crippen molar-refractivity contribution in [2.24, 2.45) is 0 Å². The normalized spacial score (nSPS) is 10.3. The highest BCUT2D eigenvalue weighted by molar-refractivity contribution is 6.03. The Kier molecular flexibility index (Phi) is 6.63. The molecular weight excluding hydrogens is 368 g/mol. The number of nitrogens with zero attached hydrogens (tertiary/aromatic N) is 2. The highest BCUT2D eigenvalue weighted by Crippen LogP contribution is 2.17. The van der Waals surface area contributed by atoms with Crippen molar-refractivity contribution in [2.45, 2.75) is 13.8 Å². The van der Waals surface area contributed by atoms with Gasteiger partial charge in [-0.15, -0.1) is 0 Å². The molecule has 0 aliphatic carbocycles. The molecule has 2 N–H and O–H groups in total. The zero-order chi connectivity index (χ0) is 20.6. The van der Waals surface area contributed by atoms with Gasteiger partial charge in [0.05, 0.1) is 13.7 Å². The van der Waals surface area contributed by atoms with Crippen LogP contribution in [-0.2, 0) is 0 Å². The van der Waals surface area contributed by atoms with Gasteiger partial charge < -0.3 is 20.1 Å². The Labute approximate surface area is 170 Å². The zero-order valence-corrected chi connectivity index (χ0v) is 16.7. The second-order valence-corrected chi connectivity index (χ2v) is 6.41. The van der Waals surface area contributed by atoms with Crippen LogP contribution < -0.4 is 20.1 Å². The molecule has 29 heavy (non-hydrogen) atoms. The van der Waals surface area contributed by atoms with Gasteiger partial charge in [-0.3, -0.25) is 4.79 Å². The Balaban J connectivity index is 1.56. The van der Waals surface area contributed by atoms with Crippen LogP contribution in [0, 0.1) is 13.8 Å². The van der Waals surface area contributed by atoms with Gasteiger partial charge in [0.25, 0.3) is 5.91 Å². The van der Waals surface area contributed by atoms with Crippen LogP contribution in [0.4, 0.5) is 11.5 Å². The van der Waals surface area contributed by atoms with E-state index in [9.17, 15) is 4.79 Å². The number of methoxy groups -OCH3 is 1. The van der Waals surface area contributed by atoms with Gasteiger partial charge in [-0.25, -0.2) is 9.97 Å². The quantitative estimate of drug-likeness (QED) is 0.567. The molecule has 0 unspecified atom stereocenters. The molecule has 1 aromatic heterocycles. The Morgan fingerprint density at radius 2 is 1.72 bits per heavy atom. The topological polar surface area (TPSA) is 85.4 Å². The summed E-state index contributed by atoms with van der Waals surface area (Å²) in [5.41, 5.74) is 2.05. The maximum atomic E-state index is 12.6. The number of rotatable bonds is 8. The van der Waals surface area contributed by atoms with Crippen LogP contribution in [0.15, 0.2) is 54.6 Å². The summed E-state index contributed by atoms with van der Waals surface area (Å²) >= 11 is 0. The highest BCUT2D eigenvalue weighted by Gasteiger charge is 2.12. The minimum atomic E-state index is -0.276. The summed E-state index contributed by atoms with van der Waals surface area (Å²) in [6, 6.07) is 16.6. The SMILES string of the molecule is COc1ccc(OCCNc2cc(C(=O)Nc3ccccc3C)nc(C)n2)cc1. The third kappa shape index (κ3) is 5.68. The third-order valence-electron chi connectivity index (χ3n) is 4.20. The lowest BCUT2D eigenvalue weighted by molar-refractivity contribution is 0.102. The molecule has 0 aliphatic rings. The lowest BCUT2D eigenvalue weighted by Gasteiger charge is -2.11. The molecule has 1 heterocycles. The number of hydrogen-bond acceptors (Lipinski definition) is 6. The Hall–Kier alpha value is -3.61. The fraction of sp³-hybridized carbons (Fsp3) is 0.227. The first-order chi connectivity index (χ1) is 14.0. The van der Waals surface area contributed by atoms with Crippen LogP contribution in [0.25, 0.3) is 0 Å². The molecule has 0 radical (unpaired) electrons. The summed E-state index contributed by atoms with van der Waals surface area (Å²) in [5.74, 6) is 2.35. The van der Waals surface area contributed by atoms with Crippen molar-refractivity contribution >= 4 is 17.4 Å². The molecule has 3 rings (SSSR count). The largest absolute Gasteiger partial charge is 0.497 e. The predicted molar refractivity (Wildman–Crippen MR) is 113 cm³/mol. The smallest absolute Gasteiger partial charge is 0.274 e. The van der Waals surface area contributed by atoms with E-state index in [0.717, 1.165) is 22.7 Å². The van der Waals surface area contributed by atoms with E-state index >= 15 is 0 Å². The molecule has 0 aliphatic heterocycles. The number of carbonyl (C=O) groups is 1. The van der Waals surface area contributed by atoms with Crippen molar-refractivity contribution in [1.82, 2.24) is 9.97 Å². The summed E-state index contributed by atoms with van der Waals surface area (Å²) in [5, 5.41) is 6.06. The zero-order valence-electron chi connectivity index (χ0n) is 16.7. The van der Waals surface area contributed by atoms with Crippen LogP contribution in [0.3, 0.4) is 0 Å². The molecule has 0 saturated carbocycles. The molecule has 3 aromatic rings. The summed E-state index contributed by atoms with van der Waals surface area (Å²) in [6.07, 6.45) is 0. The first-order valence-corrected chi connectivity index (χ1v) is 9.28. The van der Waals surface area contributed by atoms with Crippen molar-refractivity contribution in [3.05, 3.63) is 71.7 Å². The molecule has 0 fully saturated rings. The first-order valence-electron chi connectivity index (χ1n) is 9.28. The number of benzene rings is 2. The second-order valence-electron chi connectivity index (χ2n) is 6.41. The molecule has 7 heteroatoms. The number of amides is 1. The molecule has 0 bridgehead atoms. The predicted octanol–water partition coefficient (Wildman–Crippen LogP) is 3.85. The maximum absolute atomic E-state index is 12.6. The van der Waals surface area contributed by atoms with Crippen LogP contribution in [0.2, 0.25) is 0 Å². The van der Waals surface area contributed by atoms with Crippen LogP contribution in [-0.4, -0.2) is 36.1 Å². The average Bonchev–Trinajstić information content (AvgIpc) is 2.73. The minimum absolute atomic E-state index is 0.276. The molecule has 0 saturated heterocycles. The number of anilines is 2. The number of carbonyl (C=O) groups excluding carboxylic acids is 1. The van der Waals surface area contributed by atoms with Crippen LogP contribution in [0.5, 0.6) is 11.5 Å². The first kappa shape index (κ1) is 20.1. The van der Waals surface area contributed by atoms with E-state index in [4.69, 9.17) is 9.47 Å². The number of nitrogens with one attached hydrogen (secondary N) is 2. The minimum Gasteiger partial charge on any atom is -0.497 e. The molecule has 150 valence electrons. The van der Waals surface area contributed by atoms with Gasteiger partial charge in [0.2, 0.25) is 0 Å². The molecule has 1 amide bonds. The van der Waals surface area contributed by atoms with Gasteiger partial charge in [0, 0.05) is 11.8 Å².